The van der Waals surface area contributed by atoms with Crippen LogP contribution in [0.5, 0.6) is 0 Å². The van der Waals surface area contributed by atoms with Gasteiger partial charge in [-0.3, -0.25) is 9.59 Å². The summed E-state index contributed by atoms with van der Waals surface area (Å²) in [5, 5.41) is 6.19. The molecule has 124 valence electrons. The lowest BCUT2D eigenvalue weighted by Gasteiger charge is -2.09. The molecule has 2 N–H and O–H groups in total. The fraction of sp³-hybridized carbons (Fsp3) is 0.263. The summed E-state index contributed by atoms with van der Waals surface area (Å²) in [6.07, 6.45) is 0.563. The van der Waals surface area contributed by atoms with Crippen molar-refractivity contribution in [3.05, 3.63) is 58.6 Å². The van der Waals surface area contributed by atoms with Crippen LogP contribution >= 0.6 is 11.6 Å². The van der Waals surface area contributed by atoms with Gasteiger partial charge in [-0.1, -0.05) is 41.4 Å². The fourth-order valence-corrected chi connectivity index (χ4v) is 2.92. The van der Waals surface area contributed by atoms with Gasteiger partial charge in [-0.15, -0.1) is 0 Å². The van der Waals surface area contributed by atoms with Gasteiger partial charge < -0.3 is 10.6 Å². The van der Waals surface area contributed by atoms with Crippen LogP contribution in [0.4, 0.5) is 11.4 Å². The first-order valence-electron chi connectivity index (χ1n) is 7.89. The van der Waals surface area contributed by atoms with Crippen molar-refractivity contribution < 1.29 is 9.59 Å². The summed E-state index contributed by atoms with van der Waals surface area (Å²) >= 11 is 6.04. The molecule has 0 bridgehead atoms. The average molecular weight is 343 g/mol. The van der Waals surface area contributed by atoms with Gasteiger partial charge in [0.1, 0.15) is 0 Å². The molecule has 0 aliphatic heterocycles. The minimum atomic E-state index is -0.299. The van der Waals surface area contributed by atoms with E-state index in [1.54, 1.807) is 24.3 Å². The maximum Gasteiger partial charge on any atom is 0.228 e. The van der Waals surface area contributed by atoms with Crippen LogP contribution < -0.4 is 10.6 Å². The Bertz CT molecular complexity index is 804. The quantitative estimate of drug-likeness (QED) is 0.876. The van der Waals surface area contributed by atoms with E-state index in [0.29, 0.717) is 17.1 Å². The van der Waals surface area contributed by atoms with Crippen LogP contribution in [0.25, 0.3) is 0 Å². The highest BCUT2D eigenvalue weighted by Crippen LogP contribution is 2.40. The molecule has 5 heteroatoms. The average Bonchev–Trinajstić information content (AvgIpc) is 3.33. The molecule has 2 atom stereocenters. The van der Waals surface area contributed by atoms with Crippen molar-refractivity contribution in [3.8, 4) is 0 Å². The first kappa shape index (κ1) is 16.5. The zero-order chi connectivity index (χ0) is 17.3. The molecule has 2 unspecified atom stereocenters. The number of hydrogen-bond donors (Lipinski definition) is 2. The molecule has 2 amide bonds. The SMILES string of the molecule is Cc1ccc(NC(=O)C2CC2C(=O)Nc2ccccc2Cl)c(C)c1. The van der Waals surface area contributed by atoms with E-state index in [1.165, 1.54) is 0 Å². The lowest BCUT2D eigenvalue weighted by Crippen LogP contribution is -2.21. The van der Waals surface area contributed by atoms with Gasteiger partial charge in [0.15, 0.2) is 0 Å². The Hall–Kier alpha value is -2.33. The zero-order valence-electron chi connectivity index (χ0n) is 13.6. The van der Waals surface area contributed by atoms with Crippen molar-refractivity contribution in [2.45, 2.75) is 20.3 Å². The van der Waals surface area contributed by atoms with Gasteiger partial charge in [-0.25, -0.2) is 0 Å². The van der Waals surface area contributed by atoms with Crippen molar-refractivity contribution >= 4 is 34.8 Å². The maximum atomic E-state index is 12.3. The zero-order valence-corrected chi connectivity index (χ0v) is 14.4. The van der Waals surface area contributed by atoms with Gasteiger partial charge in [-0.05, 0) is 44.0 Å². The number of para-hydroxylation sites is 1. The van der Waals surface area contributed by atoms with Crippen LogP contribution in [-0.4, -0.2) is 11.8 Å². The van der Waals surface area contributed by atoms with E-state index in [-0.39, 0.29) is 23.7 Å². The highest BCUT2D eigenvalue weighted by atomic mass is 35.5. The molecule has 0 spiro atoms. The smallest absolute Gasteiger partial charge is 0.228 e. The number of nitrogens with one attached hydrogen (secondary N) is 2. The molecule has 1 saturated carbocycles. The molecule has 2 aromatic carbocycles. The Morgan fingerprint density at radius 3 is 2.21 bits per heavy atom. The Morgan fingerprint density at radius 2 is 1.58 bits per heavy atom. The van der Waals surface area contributed by atoms with Crippen LogP contribution in [0.15, 0.2) is 42.5 Å². The molecule has 0 radical (unpaired) electrons. The minimum Gasteiger partial charge on any atom is -0.326 e. The second kappa shape index (κ2) is 6.65. The third kappa shape index (κ3) is 3.60. The number of benzene rings is 2. The highest BCUT2D eigenvalue weighted by Gasteiger charge is 2.48. The van der Waals surface area contributed by atoms with Gasteiger partial charge in [-0.2, -0.15) is 0 Å². The molecule has 1 fully saturated rings. The number of hydrogen-bond acceptors (Lipinski definition) is 2. The van der Waals surface area contributed by atoms with Crippen LogP contribution in [0.2, 0.25) is 5.02 Å². The number of anilines is 2. The first-order chi connectivity index (χ1) is 11.5. The third-order valence-electron chi connectivity index (χ3n) is 4.24. The number of rotatable bonds is 4. The summed E-state index contributed by atoms with van der Waals surface area (Å²) in [5.41, 5.74) is 3.53. The van der Waals surface area contributed by atoms with E-state index in [4.69, 9.17) is 11.6 Å². The summed E-state index contributed by atoms with van der Waals surface area (Å²) in [7, 11) is 0. The Labute approximate surface area is 146 Å². The topological polar surface area (TPSA) is 58.2 Å². The molecule has 2 aromatic rings. The van der Waals surface area contributed by atoms with Gasteiger partial charge >= 0.3 is 0 Å². The van der Waals surface area contributed by atoms with E-state index >= 15 is 0 Å². The van der Waals surface area contributed by atoms with Crippen molar-refractivity contribution in [1.29, 1.82) is 0 Å². The molecule has 1 aliphatic carbocycles. The van der Waals surface area contributed by atoms with Crippen molar-refractivity contribution in [2.24, 2.45) is 11.8 Å². The Balaban J connectivity index is 1.59. The molecule has 1 aliphatic rings. The normalized spacial score (nSPS) is 18.8. The molecular formula is C19H19ClN2O2. The molecule has 0 saturated heterocycles. The summed E-state index contributed by atoms with van der Waals surface area (Å²) in [6.45, 7) is 3.96. The molecule has 0 heterocycles. The van der Waals surface area contributed by atoms with Crippen LogP contribution in [0.3, 0.4) is 0 Å². The van der Waals surface area contributed by atoms with Crippen molar-refractivity contribution in [2.75, 3.05) is 10.6 Å². The third-order valence-corrected chi connectivity index (χ3v) is 4.57. The molecule has 3 rings (SSSR count). The van der Waals surface area contributed by atoms with Gasteiger partial charge in [0.2, 0.25) is 11.8 Å². The summed E-state index contributed by atoms with van der Waals surface area (Å²) < 4.78 is 0. The van der Waals surface area contributed by atoms with Gasteiger partial charge in [0.25, 0.3) is 0 Å². The molecule has 24 heavy (non-hydrogen) atoms. The summed E-state index contributed by atoms with van der Waals surface area (Å²) in [4.78, 5) is 24.6. The number of carbonyl (C=O) groups is 2. The minimum absolute atomic E-state index is 0.110. The van der Waals surface area contributed by atoms with Crippen molar-refractivity contribution in [1.82, 2.24) is 0 Å². The number of aryl methyl sites for hydroxylation is 2. The van der Waals surface area contributed by atoms with Crippen LogP contribution in [-0.2, 0) is 9.59 Å². The molecule has 0 aromatic heterocycles. The summed E-state index contributed by atoms with van der Waals surface area (Å²) in [5.74, 6) is -0.856. The largest absolute Gasteiger partial charge is 0.326 e. The van der Waals surface area contributed by atoms with Gasteiger partial charge in [0, 0.05) is 5.69 Å². The lowest BCUT2D eigenvalue weighted by molar-refractivity contribution is -0.122. The standard InChI is InChI=1S/C19H19ClN2O2/c1-11-7-8-16(12(2)9-11)21-18(23)13-10-14(13)19(24)22-17-6-4-3-5-15(17)20/h3-9,13-14H,10H2,1-2H3,(H,21,23)(H,22,24). The van der Waals surface area contributed by atoms with E-state index in [1.807, 2.05) is 32.0 Å². The van der Waals surface area contributed by atoms with Crippen molar-refractivity contribution in [3.63, 3.8) is 0 Å². The number of carbonyl (C=O) groups excluding carboxylic acids is 2. The molecular weight excluding hydrogens is 324 g/mol. The fourth-order valence-electron chi connectivity index (χ4n) is 2.74. The first-order valence-corrected chi connectivity index (χ1v) is 8.27. The highest BCUT2D eigenvalue weighted by molar-refractivity contribution is 6.33. The van der Waals surface area contributed by atoms with E-state index < -0.39 is 0 Å². The second-order valence-corrected chi connectivity index (χ2v) is 6.63. The summed E-state index contributed by atoms with van der Waals surface area (Å²) in [6, 6.07) is 12.9. The lowest BCUT2D eigenvalue weighted by atomic mass is 10.1. The monoisotopic (exact) mass is 342 g/mol. The number of halogens is 1. The van der Waals surface area contributed by atoms with E-state index in [2.05, 4.69) is 10.6 Å². The maximum absolute atomic E-state index is 12.3. The van der Waals surface area contributed by atoms with E-state index in [9.17, 15) is 9.59 Å². The van der Waals surface area contributed by atoms with E-state index in [0.717, 1.165) is 16.8 Å². The predicted molar refractivity (Wildman–Crippen MR) is 96.2 cm³/mol. The van der Waals surface area contributed by atoms with Crippen LogP contribution in [0.1, 0.15) is 17.5 Å². The van der Waals surface area contributed by atoms with Gasteiger partial charge in [0.05, 0.1) is 22.5 Å². The predicted octanol–water partition coefficient (Wildman–Crippen LogP) is 4.17. The Kier molecular flexibility index (Phi) is 4.58. The van der Waals surface area contributed by atoms with Crippen LogP contribution in [0, 0.1) is 25.7 Å². The second-order valence-electron chi connectivity index (χ2n) is 6.23. The Morgan fingerprint density at radius 1 is 0.958 bits per heavy atom. The molecule has 4 nitrogen and oxygen atoms in total. The number of amides is 2.